The lowest BCUT2D eigenvalue weighted by atomic mass is 10.2. The molecule has 0 radical (unpaired) electrons. The molecule has 2 N–H and O–H groups in total. The Morgan fingerprint density at radius 3 is 2.64 bits per heavy atom. The van der Waals surface area contributed by atoms with Gasteiger partial charge in [0.1, 0.15) is 11.4 Å². The van der Waals surface area contributed by atoms with Crippen LogP contribution in [0.3, 0.4) is 0 Å². The Hall–Kier alpha value is -2.42. The van der Waals surface area contributed by atoms with Crippen LogP contribution < -0.4 is 5.73 Å². The predicted octanol–water partition coefficient (Wildman–Crippen LogP) is -0.516. The van der Waals surface area contributed by atoms with Crippen LogP contribution in [0.4, 0.5) is 0 Å². The highest BCUT2D eigenvalue weighted by Gasteiger charge is 2.31. The van der Waals surface area contributed by atoms with Crippen molar-refractivity contribution < 1.29 is 22.7 Å². The predicted molar refractivity (Wildman–Crippen MR) is 77.5 cm³/mol. The van der Waals surface area contributed by atoms with Crippen molar-refractivity contribution in [3.05, 3.63) is 29.8 Å². The van der Waals surface area contributed by atoms with Gasteiger partial charge in [-0.3, -0.25) is 9.59 Å². The average Bonchev–Trinajstić information content (AvgIpc) is 2.71. The highest BCUT2D eigenvalue weighted by molar-refractivity contribution is 7.90. The summed E-state index contributed by atoms with van der Waals surface area (Å²) in [5.74, 6) is -1.32. The molecule has 1 aromatic rings. The molecule has 0 aromatic heterocycles. The summed E-state index contributed by atoms with van der Waals surface area (Å²) in [6.45, 7) is 1.09. The molecular weight excluding hydrogens is 310 g/mol. The van der Waals surface area contributed by atoms with Gasteiger partial charge in [0, 0.05) is 12.6 Å². The zero-order valence-corrected chi connectivity index (χ0v) is 12.8. The van der Waals surface area contributed by atoms with Crippen LogP contribution in [-0.4, -0.2) is 50.7 Å². The standard InChI is InChI=1S/C13H15N3O5S/c1-8(12(14)18)21-11(17)7-16(2)13-9-5-3-4-6-10(9)22(19,20)15-13/h3-6,8H,7H2,1-2H3,(H2,14,18)/t8-/m0/s1. The molecule has 1 atom stereocenters. The number of ether oxygens (including phenoxy) is 1. The number of carbonyl (C=O) groups is 2. The SMILES string of the molecule is C[C@H](OC(=O)CN(C)C1=NS(=O)(=O)c2ccccc21)C(N)=O. The smallest absolute Gasteiger partial charge is 0.326 e. The van der Waals surface area contributed by atoms with E-state index in [1.54, 1.807) is 18.2 Å². The van der Waals surface area contributed by atoms with E-state index < -0.39 is 28.0 Å². The molecule has 0 fully saturated rings. The van der Waals surface area contributed by atoms with Crippen LogP contribution in [0, 0.1) is 0 Å². The zero-order valence-electron chi connectivity index (χ0n) is 12.0. The van der Waals surface area contributed by atoms with Crippen LogP contribution >= 0.6 is 0 Å². The summed E-state index contributed by atoms with van der Waals surface area (Å²) in [6, 6.07) is 6.32. The van der Waals surface area contributed by atoms with Crippen molar-refractivity contribution in [3.8, 4) is 0 Å². The Balaban J connectivity index is 2.16. The molecule has 22 heavy (non-hydrogen) atoms. The molecule has 0 unspecified atom stereocenters. The number of amides is 1. The minimum absolute atomic E-state index is 0.0933. The number of sulfonamides is 1. The second-order valence-corrected chi connectivity index (χ2v) is 6.35. The van der Waals surface area contributed by atoms with E-state index in [1.165, 1.54) is 24.9 Å². The first kappa shape index (κ1) is 16.0. The normalized spacial score (nSPS) is 16.4. The van der Waals surface area contributed by atoms with E-state index in [-0.39, 0.29) is 17.3 Å². The maximum absolute atomic E-state index is 11.9. The molecule has 0 bridgehead atoms. The molecule has 8 nitrogen and oxygen atoms in total. The quantitative estimate of drug-likeness (QED) is 0.744. The topological polar surface area (TPSA) is 119 Å². The number of amidine groups is 1. The van der Waals surface area contributed by atoms with Gasteiger partial charge in [-0.05, 0) is 19.1 Å². The number of benzene rings is 1. The number of hydrogen-bond donors (Lipinski definition) is 1. The summed E-state index contributed by atoms with van der Waals surface area (Å²) in [7, 11) is -2.25. The number of carbonyl (C=O) groups excluding carboxylic acids is 2. The maximum Gasteiger partial charge on any atom is 0.326 e. The van der Waals surface area contributed by atoms with E-state index in [4.69, 9.17) is 10.5 Å². The maximum atomic E-state index is 11.9. The Bertz CT molecular complexity index is 757. The summed E-state index contributed by atoms with van der Waals surface area (Å²) in [5, 5.41) is 0. The van der Waals surface area contributed by atoms with Gasteiger partial charge in [0.05, 0.1) is 0 Å². The number of nitrogens with zero attached hydrogens (tertiary/aromatic N) is 2. The van der Waals surface area contributed by atoms with Crippen LogP contribution in [0.1, 0.15) is 12.5 Å². The van der Waals surface area contributed by atoms with Gasteiger partial charge in [0.25, 0.3) is 15.9 Å². The lowest BCUT2D eigenvalue weighted by Gasteiger charge is -2.19. The second kappa shape index (κ2) is 5.76. The molecule has 0 saturated heterocycles. The van der Waals surface area contributed by atoms with Crippen LogP contribution in [0.25, 0.3) is 0 Å². The van der Waals surface area contributed by atoms with Crippen LogP contribution in [0.15, 0.2) is 33.6 Å². The van der Waals surface area contributed by atoms with Gasteiger partial charge < -0.3 is 15.4 Å². The van der Waals surface area contributed by atoms with E-state index in [2.05, 4.69) is 4.40 Å². The molecular formula is C13H15N3O5S. The third kappa shape index (κ3) is 3.08. The number of hydrogen-bond acceptors (Lipinski definition) is 6. The van der Waals surface area contributed by atoms with Gasteiger partial charge >= 0.3 is 5.97 Å². The first-order valence-electron chi connectivity index (χ1n) is 6.36. The Labute approximate surface area is 127 Å². The highest BCUT2D eigenvalue weighted by atomic mass is 32.2. The summed E-state index contributed by atoms with van der Waals surface area (Å²) >= 11 is 0. The highest BCUT2D eigenvalue weighted by Crippen LogP contribution is 2.26. The van der Waals surface area contributed by atoms with Crippen molar-refractivity contribution in [3.63, 3.8) is 0 Å². The van der Waals surface area contributed by atoms with E-state index in [1.807, 2.05) is 0 Å². The molecule has 1 heterocycles. The first-order valence-corrected chi connectivity index (χ1v) is 7.80. The minimum atomic E-state index is -3.75. The van der Waals surface area contributed by atoms with Crippen molar-refractivity contribution in [2.45, 2.75) is 17.9 Å². The summed E-state index contributed by atoms with van der Waals surface area (Å²) in [5.41, 5.74) is 5.42. The minimum Gasteiger partial charge on any atom is -0.451 e. The lowest BCUT2D eigenvalue weighted by Crippen LogP contribution is -2.37. The number of nitrogens with two attached hydrogens (primary N) is 1. The largest absolute Gasteiger partial charge is 0.451 e. The zero-order chi connectivity index (χ0) is 16.5. The lowest BCUT2D eigenvalue weighted by molar-refractivity contribution is -0.153. The van der Waals surface area contributed by atoms with Gasteiger partial charge in [-0.1, -0.05) is 12.1 Å². The molecule has 1 aliphatic rings. The van der Waals surface area contributed by atoms with Gasteiger partial charge in [0.15, 0.2) is 11.9 Å². The van der Waals surface area contributed by atoms with Crippen LogP contribution in [-0.2, 0) is 24.3 Å². The van der Waals surface area contributed by atoms with Gasteiger partial charge in [0.2, 0.25) is 0 Å². The average molecular weight is 325 g/mol. The fourth-order valence-electron chi connectivity index (χ4n) is 1.92. The summed E-state index contributed by atoms with van der Waals surface area (Å²) < 4.78 is 32.4. The number of fused-ring (bicyclic) bond motifs is 1. The number of esters is 1. The summed E-state index contributed by atoms with van der Waals surface area (Å²) in [6.07, 6.45) is -1.05. The Morgan fingerprint density at radius 1 is 1.36 bits per heavy atom. The third-order valence-electron chi connectivity index (χ3n) is 3.05. The van der Waals surface area contributed by atoms with E-state index in [9.17, 15) is 18.0 Å². The Kier molecular flexibility index (Phi) is 4.18. The molecule has 1 aliphatic heterocycles. The fraction of sp³-hybridized carbons (Fsp3) is 0.308. The first-order chi connectivity index (χ1) is 10.2. The van der Waals surface area contributed by atoms with Crippen molar-refractivity contribution in [2.24, 2.45) is 10.1 Å². The molecule has 1 amide bonds. The number of likely N-dealkylation sites (N-methyl/N-ethyl adjacent to an activating group) is 1. The van der Waals surface area contributed by atoms with Crippen LogP contribution in [0.2, 0.25) is 0 Å². The molecule has 0 saturated carbocycles. The fourth-order valence-corrected chi connectivity index (χ4v) is 3.18. The summed E-state index contributed by atoms with van der Waals surface area (Å²) in [4.78, 5) is 24.0. The van der Waals surface area contributed by atoms with Crippen molar-refractivity contribution in [1.29, 1.82) is 0 Å². The van der Waals surface area contributed by atoms with E-state index in [0.29, 0.717) is 5.56 Å². The van der Waals surface area contributed by atoms with Gasteiger partial charge in [-0.15, -0.1) is 4.40 Å². The van der Waals surface area contributed by atoms with Crippen LogP contribution in [0.5, 0.6) is 0 Å². The number of rotatable bonds is 4. The molecule has 0 spiro atoms. The molecule has 118 valence electrons. The van der Waals surface area contributed by atoms with Crippen molar-refractivity contribution in [2.75, 3.05) is 13.6 Å². The number of primary amides is 1. The van der Waals surface area contributed by atoms with Gasteiger partial charge in [-0.2, -0.15) is 8.42 Å². The third-order valence-corrected chi connectivity index (χ3v) is 4.37. The second-order valence-electron chi connectivity index (χ2n) is 4.78. The molecule has 2 rings (SSSR count). The molecule has 0 aliphatic carbocycles. The monoisotopic (exact) mass is 325 g/mol. The molecule has 1 aromatic carbocycles. The van der Waals surface area contributed by atoms with Crippen molar-refractivity contribution >= 4 is 27.7 Å². The van der Waals surface area contributed by atoms with Gasteiger partial charge in [-0.25, -0.2) is 0 Å². The Morgan fingerprint density at radius 2 is 2.00 bits per heavy atom. The van der Waals surface area contributed by atoms with E-state index in [0.717, 1.165) is 0 Å². The molecule has 9 heteroatoms. The van der Waals surface area contributed by atoms with Crippen molar-refractivity contribution in [1.82, 2.24) is 4.90 Å². The van der Waals surface area contributed by atoms with E-state index >= 15 is 0 Å².